The van der Waals surface area contributed by atoms with Gasteiger partial charge in [0.2, 0.25) is 0 Å². The number of piperazine rings is 1. The van der Waals surface area contributed by atoms with E-state index in [0.29, 0.717) is 19.6 Å². The Bertz CT molecular complexity index is 344. The Hall–Kier alpha value is -1.30. The number of carbonyl (C=O) groups excluding carboxylic acids is 2. The number of nitrogens with zero attached hydrogens (tertiary/aromatic N) is 2. The lowest BCUT2D eigenvalue weighted by atomic mass is 10.1. The molecule has 0 aromatic carbocycles. The van der Waals surface area contributed by atoms with Crippen molar-refractivity contribution in [2.45, 2.75) is 33.3 Å². The fraction of sp³-hybridized carbons (Fsp3) is 0.857. The molecule has 0 aromatic heterocycles. The number of hydrogen-bond donors (Lipinski definition) is 0. The molecule has 0 bridgehead atoms. The summed E-state index contributed by atoms with van der Waals surface area (Å²) < 4.78 is 10.1. The molecule has 1 fully saturated rings. The van der Waals surface area contributed by atoms with E-state index in [4.69, 9.17) is 9.47 Å². The average molecular weight is 286 g/mol. The summed E-state index contributed by atoms with van der Waals surface area (Å²) in [5.41, 5.74) is -0.465. The molecule has 1 atom stereocenters. The third-order valence-corrected chi connectivity index (χ3v) is 3.16. The van der Waals surface area contributed by atoms with Gasteiger partial charge in [0.05, 0.1) is 13.0 Å². The van der Waals surface area contributed by atoms with Gasteiger partial charge < -0.3 is 14.4 Å². The second-order valence-electron chi connectivity index (χ2n) is 6.19. The van der Waals surface area contributed by atoms with Crippen molar-refractivity contribution in [2.24, 2.45) is 5.92 Å². The predicted octanol–water partition coefficient (Wildman–Crippen LogP) is 1.35. The van der Waals surface area contributed by atoms with Crippen LogP contribution in [0.1, 0.15) is 27.7 Å². The standard InChI is InChI=1S/C14H26N2O4/c1-11(12(17)19-5)10-15-6-8-16(9-7-15)13(18)20-14(2,3)4/h11H,6-10H2,1-5H3. The summed E-state index contributed by atoms with van der Waals surface area (Å²) in [6.45, 7) is 10.9. The van der Waals surface area contributed by atoms with Crippen molar-refractivity contribution in [2.75, 3.05) is 39.8 Å². The second kappa shape index (κ2) is 6.92. The molecule has 1 aliphatic heterocycles. The second-order valence-corrected chi connectivity index (χ2v) is 6.19. The molecule has 1 saturated heterocycles. The summed E-state index contributed by atoms with van der Waals surface area (Å²) in [7, 11) is 1.40. The van der Waals surface area contributed by atoms with E-state index in [2.05, 4.69) is 4.90 Å². The van der Waals surface area contributed by atoms with Gasteiger partial charge in [-0.2, -0.15) is 0 Å². The van der Waals surface area contributed by atoms with Crippen LogP contribution in [0.15, 0.2) is 0 Å². The van der Waals surface area contributed by atoms with E-state index in [-0.39, 0.29) is 18.0 Å². The molecule has 0 spiro atoms. The molecule has 6 nitrogen and oxygen atoms in total. The summed E-state index contributed by atoms with van der Waals surface area (Å²) in [5, 5.41) is 0. The van der Waals surface area contributed by atoms with Gasteiger partial charge in [-0.3, -0.25) is 9.69 Å². The largest absolute Gasteiger partial charge is 0.469 e. The van der Waals surface area contributed by atoms with Crippen LogP contribution in [0.5, 0.6) is 0 Å². The molecule has 20 heavy (non-hydrogen) atoms. The smallest absolute Gasteiger partial charge is 0.410 e. The van der Waals surface area contributed by atoms with Crippen LogP contribution < -0.4 is 0 Å². The van der Waals surface area contributed by atoms with Crippen LogP contribution in [0.4, 0.5) is 4.79 Å². The number of carbonyl (C=O) groups is 2. The van der Waals surface area contributed by atoms with Crippen LogP contribution >= 0.6 is 0 Å². The highest BCUT2D eigenvalue weighted by Crippen LogP contribution is 2.12. The number of amides is 1. The van der Waals surface area contributed by atoms with E-state index in [1.54, 1.807) is 4.90 Å². The van der Waals surface area contributed by atoms with Crippen LogP contribution in [-0.4, -0.2) is 67.3 Å². The molecule has 0 aliphatic carbocycles. The third-order valence-electron chi connectivity index (χ3n) is 3.16. The van der Waals surface area contributed by atoms with E-state index in [9.17, 15) is 9.59 Å². The highest BCUT2D eigenvalue weighted by molar-refractivity contribution is 5.72. The maximum Gasteiger partial charge on any atom is 0.410 e. The molecular formula is C14H26N2O4. The summed E-state index contributed by atoms with van der Waals surface area (Å²) >= 11 is 0. The van der Waals surface area contributed by atoms with Gasteiger partial charge in [-0.25, -0.2) is 4.79 Å². The van der Waals surface area contributed by atoms with Gasteiger partial charge in [0.15, 0.2) is 0 Å². The fourth-order valence-corrected chi connectivity index (χ4v) is 2.10. The van der Waals surface area contributed by atoms with Gasteiger partial charge >= 0.3 is 12.1 Å². The number of esters is 1. The summed E-state index contributed by atoms with van der Waals surface area (Å²) in [6, 6.07) is 0. The topological polar surface area (TPSA) is 59.1 Å². The highest BCUT2D eigenvalue weighted by atomic mass is 16.6. The van der Waals surface area contributed by atoms with Crippen molar-refractivity contribution < 1.29 is 19.1 Å². The van der Waals surface area contributed by atoms with Crippen LogP contribution in [0, 0.1) is 5.92 Å². The Balaban J connectivity index is 2.36. The first-order chi connectivity index (χ1) is 9.23. The van der Waals surface area contributed by atoms with Crippen LogP contribution in [0.3, 0.4) is 0 Å². The highest BCUT2D eigenvalue weighted by Gasteiger charge is 2.27. The third kappa shape index (κ3) is 5.36. The molecule has 1 amide bonds. The van der Waals surface area contributed by atoms with Crippen LogP contribution in [0.25, 0.3) is 0 Å². The molecular weight excluding hydrogens is 260 g/mol. The molecule has 0 saturated carbocycles. The van der Waals surface area contributed by atoms with Gasteiger partial charge in [-0.05, 0) is 20.8 Å². The SMILES string of the molecule is COC(=O)C(C)CN1CCN(C(=O)OC(C)(C)C)CC1. The first-order valence-corrected chi connectivity index (χ1v) is 7.01. The zero-order valence-corrected chi connectivity index (χ0v) is 13.1. The molecule has 0 N–H and O–H groups in total. The van der Waals surface area contributed by atoms with Crippen LogP contribution in [0.2, 0.25) is 0 Å². The number of ether oxygens (including phenoxy) is 2. The Labute approximate surface area is 121 Å². The lowest BCUT2D eigenvalue weighted by molar-refractivity contribution is -0.145. The van der Waals surface area contributed by atoms with Gasteiger partial charge in [0.1, 0.15) is 5.60 Å². The Morgan fingerprint density at radius 3 is 2.15 bits per heavy atom. The molecule has 116 valence electrons. The van der Waals surface area contributed by atoms with Crippen molar-refractivity contribution in [3.05, 3.63) is 0 Å². The number of methoxy groups -OCH3 is 1. The summed E-state index contributed by atoms with van der Waals surface area (Å²) in [6.07, 6.45) is -0.266. The normalized spacial score (nSPS) is 18.6. The van der Waals surface area contributed by atoms with Gasteiger partial charge in [0.25, 0.3) is 0 Å². The predicted molar refractivity (Wildman–Crippen MR) is 75.4 cm³/mol. The molecule has 1 rings (SSSR count). The van der Waals surface area contributed by atoms with E-state index >= 15 is 0 Å². The minimum Gasteiger partial charge on any atom is -0.469 e. The zero-order valence-electron chi connectivity index (χ0n) is 13.1. The molecule has 1 heterocycles. The monoisotopic (exact) mass is 286 g/mol. The first-order valence-electron chi connectivity index (χ1n) is 7.01. The number of hydrogen-bond acceptors (Lipinski definition) is 5. The molecule has 1 unspecified atom stereocenters. The lowest BCUT2D eigenvalue weighted by Gasteiger charge is -2.36. The Kier molecular flexibility index (Phi) is 5.80. The maximum atomic E-state index is 11.9. The van der Waals surface area contributed by atoms with Gasteiger partial charge in [-0.15, -0.1) is 0 Å². The quantitative estimate of drug-likeness (QED) is 0.733. The van der Waals surface area contributed by atoms with Crippen molar-refractivity contribution in [3.63, 3.8) is 0 Å². The van der Waals surface area contributed by atoms with Crippen molar-refractivity contribution in [1.29, 1.82) is 0 Å². The van der Waals surface area contributed by atoms with E-state index < -0.39 is 5.60 Å². The molecule has 0 radical (unpaired) electrons. The Morgan fingerprint density at radius 2 is 1.70 bits per heavy atom. The van der Waals surface area contributed by atoms with E-state index in [1.165, 1.54) is 7.11 Å². The minimum absolute atomic E-state index is 0.145. The summed E-state index contributed by atoms with van der Waals surface area (Å²) in [4.78, 5) is 27.2. The van der Waals surface area contributed by atoms with Crippen molar-refractivity contribution in [1.82, 2.24) is 9.80 Å². The van der Waals surface area contributed by atoms with Gasteiger partial charge in [0, 0.05) is 32.7 Å². The molecule has 6 heteroatoms. The van der Waals surface area contributed by atoms with Crippen molar-refractivity contribution in [3.8, 4) is 0 Å². The van der Waals surface area contributed by atoms with E-state index in [1.807, 2.05) is 27.7 Å². The molecule has 0 aromatic rings. The van der Waals surface area contributed by atoms with E-state index in [0.717, 1.165) is 13.1 Å². The first kappa shape index (κ1) is 16.8. The zero-order chi connectivity index (χ0) is 15.3. The van der Waals surface area contributed by atoms with Crippen molar-refractivity contribution >= 4 is 12.1 Å². The molecule has 1 aliphatic rings. The Morgan fingerprint density at radius 1 is 1.15 bits per heavy atom. The lowest BCUT2D eigenvalue weighted by Crippen LogP contribution is -2.51. The minimum atomic E-state index is -0.465. The average Bonchev–Trinajstić information content (AvgIpc) is 2.36. The van der Waals surface area contributed by atoms with Crippen LogP contribution in [-0.2, 0) is 14.3 Å². The fourth-order valence-electron chi connectivity index (χ4n) is 2.10. The number of rotatable bonds is 3. The maximum absolute atomic E-state index is 11.9. The van der Waals surface area contributed by atoms with Gasteiger partial charge in [-0.1, -0.05) is 6.92 Å². The summed E-state index contributed by atoms with van der Waals surface area (Å²) in [5.74, 6) is -0.340.